The summed E-state index contributed by atoms with van der Waals surface area (Å²) in [5.41, 5.74) is 0. The van der Waals surface area contributed by atoms with Crippen LogP contribution in [0.3, 0.4) is 0 Å². The monoisotopic (exact) mass is 796 g/mol. The topological polar surface area (TPSA) is 149 Å². The molecule has 330 valence electrons. The Labute approximate surface area is 343 Å². The molecule has 0 bridgehead atoms. The number of carbonyl (C=O) groups excluding carboxylic acids is 1. The maximum absolute atomic E-state index is 12.3. The third kappa shape index (κ3) is 28.2. The van der Waals surface area contributed by atoms with E-state index in [0.717, 1.165) is 19.3 Å². The molecule has 56 heavy (non-hydrogen) atoms. The molecule has 0 aromatic heterocycles. The van der Waals surface area contributed by atoms with Gasteiger partial charge >= 0.3 is 0 Å². The van der Waals surface area contributed by atoms with Crippen molar-refractivity contribution in [3.05, 3.63) is 24.3 Å². The third-order valence-corrected chi connectivity index (χ3v) is 11.2. The maximum Gasteiger partial charge on any atom is 0.220 e. The standard InChI is InChI=1S/C47H89NO8/c1-3-5-6-7-8-9-10-11-12-13-14-15-16-17-18-19-20-21-22-23-24-25-26-27-28-29-30-31-32-33-34-35-37-41(50)40(48-43(51)36-4-2)39-55-47-46(54)45(53)44(52)42(38-49)56-47/h31-32,35,37,40-42,44-47,49-50,52-54H,3-30,33-34,36,38-39H2,1-2H3,(H,48,51)/b32-31+,37-35+. The fourth-order valence-corrected chi connectivity index (χ4v) is 7.51. The molecule has 1 rings (SSSR count). The molecule has 1 amide bonds. The number of hydrogen-bond acceptors (Lipinski definition) is 8. The summed E-state index contributed by atoms with van der Waals surface area (Å²) in [6.07, 6.45) is 40.1. The number of carbonyl (C=O) groups is 1. The molecule has 0 saturated carbocycles. The molecule has 0 aliphatic carbocycles. The van der Waals surface area contributed by atoms with Crippen molar-refractivity contribution in [3.8, 4) is 0 Å². The zero-order valence-corrected chi connectivity index (χ0v) is 36.1. The maximum atomic E-state index is 12.3. The van der Waals surface area contributed by atoms with E-state index in [1.165, 1.54) is 167 Å². The van der Waals surface area contributed by atoms with Crippen molar-refractivity contribution >= 4 is 5.91 Å². The molecule has 0 aromatic carbocycles. The van der Waals surface area contributed by atoms with Crippen LogP contribution in [0, 0.1) is 0 Å². The molecule has 1 saturated heterocycles. The highest BCUT2D eigenvalue weighted by atomic mass is 16.7. The molecule has 7 atom stereocenters. The summed E-state index contributed by atoms with van der Waals surface area (Å²) in [5.74, 6) is -0.240. The van der Waals surface area contributed by atoms with Gasteiger partial charge in [-0.2, -0.15) is 0 Å². The number of aliphatic hydroxyl groups excluding tert-OH is 5. The predicted molar refractivity (Wildman–Crippen MR) is 230 cm³/mol. The molecular formula is C47H89NO8. The van der Waals surface area contributed by atoms with Gasteiger partial charge in [0.05, 0.1) is 25.4 Å². The largest absolute Gasteiger partial charge is 0.394 e. The minimum Gasteiger partial charge on any atom is -0.394 e. The lowest BCUT2D eigenvalue weighted by molar-refractivity contribution is -0.302. The normalized spacial score (nSPS) is 21.3. The fraction of sp³-hybridized carbons (Fsp3) is 0.894. The van der Waals surface area contributed by atoms with Crippen molar-refractivity contribution in [1.29, 1.82) is 0 Å². The van der Waals surface area contributed by atoms with Gasteiger partial charge in [0, 0.05) is 6.42 Å². The number of allylic oxidation sites excluding steroid dienone is 3. The van der Waals surface area contributed by atoms with Crippen LogP contribution >= 0.6 is 0 Å². The molecule has 1 aliphatic heterocycles. The molecule has 1 aliphatic rings. The van der Waals surface area contributed by atoms with Crippen molar-refractivity contribution < 1.29 is 39.8 Å². The summed E-state index contributed by atoms with van der Waals surface area (Å²) in [6, 6.07) is -0.813. The number of amides is 1. The van der Waals surface area contributed by atoms with Gasteiger partial charge in [0.1, 0.15) is 24.4 Å². The molecule has 0 aromatic rings. The summed E-state index contributed by atoms with van der Waals surface area (Å²) in [6.45, 7) is 3.40. The van der Waals surface area contributed by atoms with Crippen LogP contribution in [0.25, 0.3) is 0 Å². The first kappa shape index (κ1) is 52.7. The van der Waals surface area contributed by atoms with Gasteiger partial charge in [-0.25, -0.2) is 0 Å². The van der Waals surface area contributed by atoms with E-state index in [4.69, 9.17) is 9.47 Å². The van der Waals surface area contributed by atoms with E-state index >= 15 is 0 Å². The van der Waals surface area contributed by atoms with E-state index in [2.05, 4.69) is 24.4 Å². The molecule has 9 heteroatoms. The molecule has 9 nitrogen and oxygen atoms in total. The first-order valence-corrected chi connectivity index (χ1v) is 23.6. The van der Waals surface area contributed by atoms with E-state index in [9.17, 15) is 30.3 Å². The second-order valence-corrected chi connectivity index (χ2v) is 16.5. The Kier molecular flexibility index (Phi) is 35.7. The summed E-state index contributed by atoms with van der Waals surface area (Å²) < 4.78 is 11.0. The predicted octanol–water partition coefficient (Wildman–Crippen LogP) is 9.89. The molecule has 1 heterocycles. The highest BCUT2D eigenvalue weighted by molar-refractivity contribution is 5.76. The van der Waals surface area contributed by atoms with Gasteiger partial charge in [0.15, 0.2) is 6.29 Å². The van der Waals surface area contributed by atoms with Gasteiger partial charge in [0.2, 0.25) is 5.91 Å². The smallest absolute Gasteiger partial charge is 0.220 e. The minimum atomic E-state index is -1.56. The van der Waals surface area contributed by atoms with Crippen LogP contribution in [0.2, 0.25) is 0 Å². The first-order chi connectivity index (χ1) is 27.3. The minimum absolute atomic E-state index is 0.205. The lowest BCUT2D eigenvalue weighted by Crippen LogP contribution is -2.60. The van der Waals surface area contributed by atoms with Crippen molar-refractivity contribution in [3.63, 3.8) is 0 Å². The molecule has 0 radical (unpaired) electrons. The fourth-order valence-electron chi connectivity index (χ4n) is 7.51. The SMILES string of the molecule is CCCCCCCCCCCCCCCCCCCCCCCCCCCC/C=C/CC/C=C/C(O)C(COC1OC(CO)C(O)C(O)C1O)NC(=O)CCC. The highest BCUT2D eigenvalue weighted by Gasteiger charge is 2.44. The molecular weight excluding hydrogens is 707 g/mol. The number of hydrogen-bond donors (Lipinski definition) is 6. The number of aliphatic hydroxyl groups is 5. The number of ether oxygens (including phenoxy) is 2. The Bertz CT molecular complexity index is 930. The summed E-state index contributed by atoms with van der Waals surface area (Å²) in [5, 5.41) is 53.2. The van der Waals surface area contributed by atoms with Crippen molar-refractivity contribution in [2.24, 2.45) is 0 Å². The second kappa shape index (κ2) is 37.9. The number of nitrogens with one attached hydrogen (secondary N) is 1. The lowest BCUT2D eigenvalue weighted by atomic mass is 9.99. The average Bonchev–Trinajstić information content (AvgIpc) is 3.19. The third-order valence-electron chi connectivity index (χ3n) is 11.2. The number of unbranched alkanes of at least 4 members (excludes halogenated alkanes) is 27. The quantitative estimate of drug-likeness (QED) is 0.0266. The second-order valence-electron chi connectivity index (χ2n) is 16.5. The van der Waals surface area contributed by atoms with E-state index in [-0.39, 0.29) is 18.9 Å². The summed E-state index contributed by atoms with van der Waals surface area (Å²) in [4.78, 5) is 12.3. The Balaban J connectivity index is 1.98. The van der Waals surface area contributed by atoms with E-state index in [0.29, 0.717) is 6.42 Å². The Hall–Kier alpha value is -1.33. The van der Waals surface area contributed by atoms with E-state index in [1.807, 2.05) is 13.0 Å². The first-order valence-electron chi connectivity index (χ1n) is 23.6. The van der Waals surface area contributed by atoms with Crippen LogP contribution < -0.4 is 5.32 Å². The van der Waals surface area contributed by atoms with Crippen LogP contribution in [-0.2, 0) is 14.3 Å². The van der Waals surface area contributed by atoms with Gasteiger partial charge in [0.25, 0.3) is 0 Å². The zero-order chi connectivity index (χ0) is 40.9. The van der Waals surface area contributed by atoms with Crippen molar-refractivity contribution in [1.82, 2.24) is 5.32 Å². The van der Waals surface area contributed by atoms with Gasteiger partial charge in [-0.3, -0.25) is 4.79 Å². The molecule has 0 spiro atoms. The molecule has 1 fully saturated rings. The van der Waals surface area contributed by atoms with E-state index in [1.54, 1.807) is 6.08 Å². The Morgan fingerprint density at radius 2 is 1.02 bits per heavy atom. The average molecular weight is 796 g/mol. The van der Waals surface area contributed by atoms with Crippen LogP contribution in [0.15, 0.2) is 24.3 Å². The Morgan fingerprint density at radius 3 is 1.46 bits per heavy atom. The van der Waals surface area contributed by atoms with Crippen LogP contribution in [0.4, 0.5) is 0 Å². The van der Waals surface area contributed by atoms with Crippen molar-refractivity contribution in [2.45, 2.75) is 256 Å². The van der Waals surface area contributed by atoms with E-state index < -0.39 is 49.5 Å². The highest BCUT2D eigenvalue weighted by Crippen LogP contribution is 2.23. The van der Waals surface area contributed by atoms with Crippen molar-refractivity contribution in [2.75, 3.05) is 13.2 Å². The van der Waals surface area contributed by atoms with Crippen LogP contribution in [-0.4, -0.2) is 87.5 Å². The zero-order valence-electron chi connectivity index (χ0n) is 36.1. The van der Waals surface area contributed by atoms with Gasteiger partial charge in [-0.05, 0) is 32.1 Å². The summed E-state index contributed by atoms with van der Waals surface area (Å²) >= 11 is 0. The van der Waals surface area contributed by atoms with Gasteiger partial charge in [-0.15, -0.1) is 0 Å². The van der Waals surface area contributed by atoms with Gasteiger partial charge in [-0.1, -0.05) is 199 Å². The number of rotatable bonds is 39. The summed E-state index contributed by atoms with van der Waals surface area (Å²) in [7, 11) is 0. The molecule has 7 unspecified atom stereocenters. The van der Waals surface area contributed by atoms with Crippen LogP contribution in [0.1, 0.15) is 213 Å². The Morgan fingerprint density at radius 1 is 0.589 bits per heavy atom. The van der Waals surface area contributed by atoms with Crippen LogP contribution in [0.5, 0.6) is 0 Å². The lowest BCUT2D eigenvalue weighted by Gasteiger charge is -2.40. The van der Waals surface area contributed by atoms with Gasteiger partial charge < -0.3 is 40.3 Å². The molecule has 6 N–H and O–H groups in total.